The van der Waals surface area contributed by atoms with Crippen LogP contribution in [0.5, 0.6) is 0 Å². The number of carbonyl (C=O) groups excluding carboxylic acids is 2. The lowest BCUT2D eigenvalue weighted by Crippen LogP contribution is -2.45. The molecule has 0 saturated heterocycles. The van der Waals surface area contributed by atoms with Gasteiger partial charge in [0.2, 0.25) is 0 Å². The minimum atomic E-state index is -1.60. The van der Waals surface area contributed by atoms with Gasteiger partial charge in [0.05, 0.1) is 36.9 Å². The van der Waals surface area contributed by atoms with E-state index in [1.807, 2.05) is 79.7 Å². The molecule has 0 heterocycles. The predicted molar refractivity (Wildman–Crippen MR) is 130 cm³/mol. The molecule has 3 aromatic rings. The molecule has 3 rings (SSSR count). The molecule has 3 aromatic carbocycles. The van der Waals surface area contributed by atoms with Crippen LogP contribution in [0.1, 0.15) is 16.7 Å². The van der Waals surface area contributed by atoms with Gasteiger partial charge in [0.15, 0.2) is 18.0 Å². The monoisotopic (exact) mass is 480 g/mol. The number of ether oxygens (including phenoxy) is 3. The fraction of sp³-hybridized carbons (Fsp3) is 0.259. The number of ketones is 1. The maximum Gasteiger partial charge on any atom is 0.338 e. The Morgan fingerprint density at radius 3 is 1.76 bits per heavy atom. The minimum Gasteiger partial charge on any atom is -0.467 e. The fourth-order valence-electron chi connectivity index (χ4n) is 3.25. The van der Waals surface area contributed by atoms with Crippen molar-refractivity contribution in [2.75, 3.05) is 12.9 Å². The topological polar surface area (TPSA) is 78.9 Å². The van der Waals surface area contributed by atoms with Crippen molar-refractivity contribution in [3.05, 3.63) is 102 Å². The Bertz CT molecular complexity index is 1080. The Morgan fingerprint density at radius 1 is 0.765 bits per heavy atom. The van der Waals surface area contributed by atoms with Crippen molar-refractivity contribution in [2.24, 2.45) is 0 Å². The first-order valence-corrected chi connectivity index (χ1v) is 12.2. The molecule has 0 aliphatic carbocycles. The maximum absolute atomic E-state index is 13.3. The van der Waals surface area contributed by atoms with Crippen molar-refractivity contribution in [3.63, 3.8) is 0 Å². The van der Waals surface area contributed by atoms with E-state index >= 15 is 0 Å². The predicted octanol–water partition coefficient (Wildman–Crippen LogP) is 4.02. The lowest BCUT2D eigenvalue weighted by Gasteiger charge is -2.25. The lowest BCUT2D eigenvalue weighted by molar-refractivity contribution is -0.172. The highest BCUT2D eigenvalue weighted by atomic mass is 32.2. The van der Waals surface area contributed by atoms with Gasteiger partial charge in [-0.05, 0) is 30.2 Å². The number of benzene rings is 3. The second-order valence-corrected chi connectivity index (χ2v) is 9.18. The zero-order valence-electron chi connectivity index (χ0n) is 19.2. The molecule has 0 amide bonds. The average molecular weight is 481 g/mol. The van der Waals surface area contributed by atoms with E-state index in [0.717, 1.165) is 16.7 Å². The number of rotatable bonds is 12. The van der Waals surface area contributed by atoms with Crippen LogP contribution in [-0.4, -0.2) is 41.0 Å². The SMILES string of the molecule is COC(=O)[C@@H](OCc1ccccc1)[C@H](OCc1ccccc1)C(=O)CS(=O)c1ccc(C)cc1. The summed E-state index contributed by atoms with van der Waals surface area (Å²) in [6.45, 7) is 2.09. The Labute approximate surface area is 202 Å². The lowest BCUT2D eigenvalue weighted by atomic mass is 10.1. The van der Waals surface area contributed by atoms with Crippen LogP contribution in [0.4, 0.5) is 0 Å². The number of aryl methyl sites for hydroxylation is 1. The van der Waals surface area contributed by atoms with Crippen molar-refractivity contribution < 1.29 is 28.0 Å². The van der Waals surface area contributed by atoms with Gasteiger partial charge in [0, 0.05) is 4.90 Å². The molecule has 7 heteroatoms. The third-order valence-electron chi connectivity index (χ3n) is 5.13. The van der Waals surface area contributed by atoms with Crippen molar-refractivity contribution >= 4 is 22.6 Å². The van der Waals surface area contributed by atoms with Gasteiger partial charge in [-0.3, -0.25) is 9.00 Å². The van der Waals surface area contributed by atoms with Crippen molar-refractivity contribution in [1.82, 2.24) is 0 Å². The Morgan fingerprint density at radius 2 is 1.26 bits per heavy atom. The molecule has 1 unspecified atom stereocenters. The summed E-state index contributed by atoms with van der Waals surface area (Å²) in [7, 11) is -0.373. The first-order chi connectivity index (χ1) is 16.5. The number of Topliss-reactive ketones (excluding diaryl/α,β-unsaturated/α-hetero) is 1. The Kier molecular flexibility index (Phi) is 9.70. The van der Waals surface area contributed by atoms with Gasteiger partial charge < -0.3 is 14.2 Å². The zero-order chi connectivity index (χ0) is 24.3. The molecule has 0 spiro atoms. The normalized spacial score (nSPS) is 13.6. The van der Waals surface area contributed by atoms with E-state index in [1.165, 1.54) is 7.11 Å². The molecule has 0 aromatic heterocycles. The highest BCUT2D eigenvalue weighted by molar-refractivity contribution is 7.85. The zero-order valence-corrected chi connectivity index (χ0v) is 20.0. The van der Waals surface area contributed by atoms with Crippen LogP contribution in [0.2, 0.25) is 0 Å². The third-order valence-corrected chi connectivity index (χ3v) is 6.47. The van der Waals surface area contributed by atoms with E-state index in [2.05, 4.69) is 0 Å². The maximum atomic E-state index is 13.3. The van der Waals surface area contributed by atoms with Gasteiger partial charge in [0.25, 0.3) is 0 Å². The van der Waals surface area contributed by atoms with Crippen LogP contribution in [0.15, 0.2) is 89.8 Å². The van der Waals surface area contributed by atoms with E-state index < -0.39 is 34.8 Å². The van der Waals surface area contributed by atoms with Crippen LogP contribution >= 0.6 is 0 Å². The van der Waals surface area contributed by atoms with Crippen molar-refractivity contribution in [3.8, 4) is 0 Å². The summed E-state index contributed by atoms with van der Waals surface area (Å²) in [6, 6.07) is 25.7. The molecule has 0 bridgehead atoms. The summed E-state index contributed by atoms with van der Waals surface area (Å²) < 4.78 is 29.5. The van der Waals surface area contributed by atoms with Crippen LogP contribution in [-0.2, 0) is 47.8 Å². The molecule has 178 valence electrons. The molecule has 0 aliphatic rings. The number of hydrogen-bond donors (Lipinski definition) is 0. The molecule has 0 fully saturated rings. The number of esters is 1. The van der Waals surface area contributed by atoms with Crippen LogP contribution in [0.25, 0.3) is 0 Å². The standard InChI is InChI=1S/C27H28O6S/c1-20-13-15-23(16-14-20)34(30)19-24(28)25(32-17-21-9-5-3-6-10-21)26(27(29)31-2)33-18-22-11-7-4-8-12-22/h3-16,25-26H,17-19H2,1-2H3/t25-,26+,34?/m1/s1. The summed E-state index contributed by atoms with van der Waals surface area (Å²) in [6.07, 6.45) is -2.60. The first-order valence-electron chi connectivity index (χ1n) is 10.8. The summed E-state index contributed by atoms with van der Waals surface area (Å²) in [5.74, 6) is -1.55. The number of hydrogen-bond acceptors (Lipinski definition) is 6. The smallest absolute Gasteiger partial charge is 0.338 e. The van der Waals surface area contributed by atoms with Crippen molar-refractivity contribution in [1.29, 1.82) is 0 Å². The molecule has 3 atom stereocenters. The summed E-state index contributed by atoms with van der Waals surface area (Å²) in [5, 5.41) is 0. The molecule has 6 nitrogen and oxygen atoms in total. The third kappa shape index (κ3) is 7.45. The molecule has 0 N–H and O–H groups in total. The molecule has 0 aliphatic heterocycles. The second-order valence-electron chi connectivity index (χ2n) is 7.73. The molecular weight excluding hydrogens is 452 g/mol. The van der Waals surface area contributed by atoms with E-state index in [1.54, 1.807) is 12.1 Å². The molecular formula is C27H28O6S. The van der Waals surface area contributed by atoms with E-state index in [0.29, 0.717) is 4.90 Å². The van der Waals surface area contributed by atoms with Crippen LogP contribution in [0, 0.1) is 6.92 Å². The second kappa shape index (κ2) is 12.9. The van der Waals surface area contributed by atoms with E-state index in [-0.39, 0.29) is 19.0 Å². The summed E-state index contributed by atoms with van der Waals surface area (Å²) in [4.78, 5) is 26.4. The first kappa shape index (κ1) is 25.5. The molecule has 34 heavy (non-hydrogen) atoms. The average Bonchev–Trinajstić information content (AvgIpc) is 2.87. The summed E-state index contributed by atoms with van der Waals surface area (Å²) in [5.41, 5.74) is 2.68. The van der Waals surface area contributed by atoms with E-state index in [9.17, 15) is 13.8 Å². The number of methoxy groups -OCH3 is 1. The van der Waals surface area contributed by atoms with Gasteiger partial charge in [-0.1, -0.05) is 78.4 Å². The van der Waals surface area contributed by atoms with Gasteiger partial charge in [-0.15, -0.1) is 0 Å². The minimum absolute atomic E-state index is 0.0800. The largest absolute Gasteiger partial charge is 0.467 e. The quantitative estimate of drug-likeness (QED) is 0.365. The van der Waals surface area contributed by atoms with E-state index in [4.69, 9.17) is 14.2 Å². The number of carbonyl (C=O) groups is 2. The van der Waals surface area contributed by atoms with Gasteiger partial charge in [0.1, 0.15) is 0 Å². The Hall–Kier alpha value is -3.13. The highest BCUT2D eigenvalue weighted by Gasteiger charge is 2.37. The Balaban J connectivity index is 1.81. The van der Waals surface area contributed by atoms with Gasteiger partial charge in [-0.25, -0.2) is 4.79 Å². The summed E-state index contributed by atoms with van der Waals surface area (Å²) >= 11 is 0. The molecule has 0 radical (unpaired) electrons. The fourth-order valence-corrected chi connectivity index (χ4v) is 4.28. The van der Waals surface area contributed by atoms with Crippen molar-refractivity contribution in [2.45, 2.75) is 37.2 Å². The highest BCUT2D eigenvalue weighted by Crippen LogP contribution is 2.17. The van der Waals surface area contributed by atoms with Crippen LogP contribution < -0.4 is 0 Å². The van der Waals surface area contributed by atoms with Gasteiger partial charge >= 0.3 is 5.97 Å². The molecule has 0 saturated carbocycles. The van der Waals surface area contributed by atoms with Crippen LogP contribution in [0.3, 0.4) is 0 Å². The van der Waals surface area contributed by atoms with Gasteiger partial charge in [-0.2, -0.15) is 0 Å².